The topological polar surface area (TPSA) is 96.7 Å². The summed E-state index contributed by atoms with van der Waals surface area (Å²) in [6, 6.07) is 19.8. The number of hydrogen-bond donors (Lipinski definition) is 1. The van der Waals surface area contributed by atoms with E-state index in [1.807, 2.05) is 42.7 Å². The fourth-order valence-electron chi connectivity index (χ4n) is 4.74. The molecule has 2 aromatic carbocycles. The average Bonchev–Trinajstić information content (AvgIpc) is 2.83. The highest BCUT2D eigenvalue weighted by Gasteiger charge is 2.52. The fraction of sp³-hybridized carbons (Fsp3) is 0.500. The summed E-state index contributed by atoms with van der Waals surface area (Å²) in [7, 11) is 5.43. The van der Waals surface area contributed by atoms with Crippen molar-refractivity contribution in [1.82, 2.24) is 0 Å². The number of aliphatic hydroxyl groups excluding tert-OH is 1. The first kappa shape index (κ1) is 28.2. The summed E-state index contributed by atoms with van der Waals surface area (Å²) in [6.45, 7) is 6.77. The van der Waals surface area contributed by atoms with Crippen LogP contribution in [0.4, 0.5) is 0 Å². The minimum atomic E-state index is -2.83. The van der Waals surface area contributed by atoms with Crippen molar-refractivity contribution >= 4 is 47.5 Å². The van der Waals surface area contributed by atoms with Crippen LogP contribution in [0.3, 0.4) is 0 Å². The van der Waals surface area contributed by atoms with Crippen LogP contribution in [0.25, 0.3) is 10.4 Å². The van der Waals surface area contributed by atoms with Crippen LogP contribution in [0.2, 0.25) is 5.04 Å². The normalized spacial score (nSPS) is 26.1. The lowest BCUT2D eigenvalue weighted by molar-refractivity contribution is -0.181. The van der Waals surface area contributed by atoms with Crippen molar-refractivity contribution in [3.05, 3.63) is 71.1 Å². The molecule has 0 bridgehead atoms. The van der Waals surface area contributed by atoms with Gasteiger partial charge in [0.15, 0.2) is 0 Å². The molecule has 0 aromatic heterocycles. The Balaban J connectivity index is 2.04. The maximum Gasteiger partial charge on any atom is 0.261 e. The van der Waals surface area contributed by atoms with E-state index in [2.05, 4.69) is 64.3 Å². The predicted octanol–water partition coefficient (Wildman–Crippen LogP) is 3.40. The molecular formula is C24H33BN3O4PSSi. The average molecular weight is 529 g/mol. The van der Waals surface area contributed by atoms with Crippen molar-refractivity contribution in [1.29, 1.82) is 0 Å². The van der Waals surface area contributed by atoms with E-state index >= 15 is 0 Å². The molecule has 0 amide bonds. The Bertz CT molecular complexity index is 956. The number of aliphatic hydroxyl groups is 1. The van der Waals surface area contributed by atoms with Gasteiger partial charge in [0.25, 0.3) is 8.32 Å². The Kier molecular flexibility index (Phi) is 9.89. The van der Waals surface area contributed by atoms with Gasteiger partial charge in [-0.3, -0.25) is 0 Å². The lowest BCUT2D eigenvalue weighted by atomic mass is 9.98. The summed E-state index contributed by atoms with van der Waals surface area (Å²) in [5, 5.41) is 17.0. The van der Waals surface area contributed by atoms with E-state index in [0.717, 1.165) is 10.4 Å². The SMILES string of the molecule is [B]C(P)O[C@@H]1C(CO[Si](c2ccccc2)(c2ccccc2)C(C)(C)C)OC(SC)[C@@H](N=[N+]=[N-])[C@H]1O. The number of rotatable bonds is 9. The van der Waals surface area contributed by atoms with Crippen LogP contribution in [0, 0.1) is 0 Å². The third kappa shape index (κ3) is 6.15. The Labute approximate surface area is 216 Å². The van der Waals surface area contributed by atoms with Gasteiger partial charge in [0, 0.05) is 10.7 Å². The minimum absolute atomic E-state index is 0.173. The molecule has 0 saturated carbocycles. The van der Waals surface area contributed by atoms with Gasteiger partial charge in [-0.05, 0) is 27.2 Å². The van der Waals surface area contributed by atoms with E-state index in [4.69, 9.17) is 27.3 Å². The van der Waals surface area contributed by atoms with Crippen molar-refractivity contribution in [3.63, 3.8) is 0 Å². The van der Waals surface area contributed by atoms with Crippen LogP contribution in [-0.4, -0.2) is 69.7 Å². The summed E-state index contributed by atoms with van der Waals surface area (Å²) in [5.74, 6) is -0.730. The standard InChI is InChI=1S/C24H33BN3O4PSSi/c1-24(2,3)35(16-11-7-5-8-12-16,17-13-9-6-10-14-17)30-15-18-21(32-23(25)33)20(29)19(27-28-26)22(31-18)34-4/h5-14,18-23,29H,15,33H2,1-4H3/t18?,19-,20+,21+,22?,23?/m0/s1. The first-order valence-electron chi connectivity index (χ1n) is 11.5. The van der Waals surface area contributed by atoms with Crippen molar-refractivity contribution in [2.24, 2.45) is 5.11 Å². The van der Waals surface area contributed by atoms with Gasteiger partial charge in [-0.1, -0.05) is 86.5 Å². The van der Waals surface area contributed by atoms with Crippen molar-refractivity contribution in [2.45, 2.75) is 61.3 Å². The lowest BCUT2D eigenvalue weighted by Crippen LogP contribution is -2.68. The molecule has 35 heavy (non-hydrogen) atoms. The highest BCUT2D eigenvalue weighted by Crippen LogP contribution is 2.38. The highest BCUT2D eigenvalue weighted by atomic mass is 32.2. The fourth-order valence-corrected chi connectivity index (χ4v) is 10.2. The smallest absolute Gasteiger partial charge is 0.261 e. The zero-order chi connectivity index (χ0) is 25.6. The highest BCUT2D eigenvalue weighted by molar-refractivity contribution is 7.99. The molecule has 7 atom stereocenters. The van der Waals surface area contributed by atoms with Gasteiger partial charge < -0.3 is 19.0 Å². The Morgan fingerprint density at radius 2 is 1.71 bits per heavy atom. The summed E-state index contributed by atoms with van der Waals surface area (Å²) in [4.78, 5) is 2.90. The maximum absolute atomic E-state index is 11.1. The number of azide groups is 1. The van der Waals surface area contributed by atoms with E-state index in [9.17, 15) is 5.11 Å². The van der Waals surface area contributed by atoms with E-state index in [0.29, 0.717) is 0 Å². The molecular weight excluding hydrogens is 496 g/mol. The van der Waals surface area contributed by atoms with Crippen LogP contribution in [0.5, 0.6) is 0 Å². The van der Waals surface area contributed by atoms with Crippen LogP contribution < -0.4 is 10.4 Å². The van der Waals surface area contributed by atoms with Crippen LogP contribution in [0.1, 0.15) is 20.8 Å². The second-order valence-corrected chi connectivity index (χ2v) is 15.4. The van der Waals surface area contributed by atoms with Gasteiger partial charge in [0.2, 0.25) is 0 Å². The van der Waals surface area contributed by atoms with Crippen LogP contribution in [-0.2, 0) is 13.9 Å². The summed E-state index contributed by atoms with van der Waals surface area (Å²) >= 11 is 1.37. The Morgan fingerprint density at radius 1 is 1.17 bits per heavy atom. The van der Waals surface area contributed by atoms with E-state index in [1.54, 1.807) is 0 Å². The summed E-state index contributed by atoms with van der Waals surface area (Å²) in [5.41, 5.74) is 8.48. The molecule has 1 aliphatic rings. The van der Waals surface area contributed by atoms with Crippen molar-refractivity contribution < 1.29 is 19.0 Å². The minimum Gasteiger partial charge on any atom is -0.405 e. The first-order valence-corrected chi connectivity index (χ1v) is 15.3. The molecule has 3 rings (SSSR count). The number of thioether (sulfide) groups is 1. The zero-order valence-electron chi connectivity index (χ0n) is 20.5. The molecule has 0 aliphatic carbocycles. The molecule has 4 unspecified atom stereocenters. The second-order valence-electron chi connectivity index (χ2n) is 9.50. The molecule has 1 saturated heterocycles. The van der Waals surface area contributed by atoms with E-state index in [1.165, 1.54) is 11.8 Å². The third-order valence-electron chi connectivity index (χ3n) is 6.25. The van der Waals surface area contributed by atoms with Gasteiger partial charge in [-0.25, -0.2) is 0 Å². The van der Waals surface area contributed by atoms with Gasteiger partial charge in [-0.15, -0.1) is 21.0 Å². The number of nitrogens with zero attached hydrogens (tertiary/aromatic N) is 3. The number of ether oxygens (including phenoxy) is 2. The quantitative estimate of drug-likeness (QED) is 0.177. The molecule has 7 nitrogen and oxygen atoms in total. The summed E-state index contributed by atoms with van der Waals surface area (Å²) < 4.78 is 19.2. The largest absolute Gasteiger partial charge is 0.405 e. The Morgan fingerprint density at radius 3 is 2.14 bits per heavy atom. The molecule has 0 spiro atoms. The Hall–Kier alpha value is -1.35. The monoisotopic (exact) mass is 529 g/mol. The molecule has 1 N–H and O–H groups in total. The first-order chi connectivity index (χ1) is 16.7. The molecule has 11 heteroatoms. The summed E-state index contributed by atoms with van der Waals surface area (Å²) in [6.07, 6.45) is -0.711. The number of hydrogen-bond acceptors (Lipinski definition) is 6. The molecule has 186 valence electrons. The van der Waals surface area contributed by atoms with Crippen LogP contribution >= 0.6 is 21.0 Å². The van der Waals surface area contributed by atoms with E-state index in [-0.39, 0.29) is 11.6 Å². The van der Waals surface area contributed by atoms with Gasteiger partial charge in [0.05, 0.1) is 12.7 Å². The van der Waals surface area contributed by atoms with Crippen molar-refractivity contribution in [2.75, 3.05) is 12.9 Å². The van der Waals surface area contributed by atoms with Gasteiger partial charge >= 0.3 is 0 Å². The second kappa shape index (κ2) is 12.3. The lowest BCUT2D eigenvalue weighted by Gasteiger charge is -2.47. The maximum atomic E-state index is 11.1. The molecule has 1 heterocycles. The zero-order valence-corrected chi connectivity index (χ0v) is 23.5. The van der Waals surface area contributed by atoms with Crippen molar-refractivity contribution in [3.8, 4) is 0 Å². The van der Waals surface area contributed by atoms with Gasteiger partial charge in [-0.2, -0.15) is 0 Å². The third-order valence-corrected chi connectivity index (χ3v) is 12.3. The van der Waals surface area contributed by atoms with Crippen LogP contribution in [0.15, 0.2) is 65.8 Å². The molecule has 1 fully saturated rings. The number of benzene rings is 2. The predicted molar refractivity (Wildman–Crippen MR) is 149 cm³/mol. The molecule has 2 radical (unpaired) electrons. The van der Waals surface area contributed by atoms with E-state index < -0.39 is 43.9 Å². The molecule has 1 aliphatic heterocycles. The molecule has 2 aromatic rings. The van der Waals surface area contributed by atoms with Gasteiger partial charge in [0.1, 0.15) is 31.5 Å².